The van der Waals surface area contributed by atoms with Crippen LogP contribution in [0.25, 0.3) is 0 Å². The molecule has 2 aromatic carbocycles. The summed E-state index contributed by atoms with van der Waals surface area (Å²) in [4.78, 5) is 32.1. The zero-order valence-electron chi connectivity index (χ0n) is 22.7. The summed E-state index contributed by atoms with van der Waals surface area (Å²) in [6.07, 6.45) is -0.577. The molecule has 0 amide bonds. The number of esters is 1. The molecule has 6 nitrogen and oxygen atoms in total. The molecule has 40 heavy (non-hydrogen) atoms. The van der Waals surface area contributed by atoms with E-state index in [0.717, 1.165) is 43.4 Å². The van der Waals surface area contributed by atoms with Gasteiger partial charge in [-0.1, -0.05) is 18.2 Å². The quantitative estimate of drug-likeness (QED) is 0.367. The van der Waals surface area contributed by atoms with Gasteiger partial charge in [-0.15, -0.1) is 0 Å². The molecule has 0 N–H and O–H groups in total. The first-order valence-electron chi connectivity index (χ1n) is 13.5. The van der Waals surface area contributed by atoms with Crippen LogP contribution in [0.5, 0.6) is 11.5 Å². The molecule has 1 saturated carbocycles. The van der Waals surface area contributed by atoms with E-state index >= 15 is 0 Å². The molecule has 1 aliphatic heterocycles. The van der Waals surface area contributed by atoms with Crippen LogP contribution in [0.1, 0.15) is 74.0 Å². The fourth-order valence-corrected chi connectivity index (χ4v) is 6.19. The van der Waals surface area contributed by atoms with Gasteiger partial charge in [0.15, 0.2) is 17.3 Å². The average molecular weight is 556 g/mol. The summed E-state index contributed by atoms with van der Waals surface area (Å²) in [6.45, 7) is 1.73. The standard InChI is InChI=1S/C31H32F3NO5/c1-17-27(30(37)40-22-6-4-5-7-22)28(18-8-11-21(12-9-18)31(32,33)34)29-23(35-17)14-20(15-24(29)36)19-10-13-25(38-2)26(16-19)39-3/h8-13,16,20,22,27-28H,4-7,14-15H2,1-3H3/t20-,27?,28+/m1/s1. The Morgan fingerprint density at radius 2 is 1.57 bits per heavy atom. The molecule has 0 bridgehead atoms. The normalized spacial score (nSPS) is 23.5. The number of alkyl halides is 3. The molecule has 2 aromatic rings. The lowest BCUT2D eigenvalue weighted by Crippen LogP contribution is -2.39. The molecule has 3 atom stereocenters. The lowest BCUT2D eigenvalue weighted by atomic mass is 9.69. The summed E-state index contributed by atoms with van der Waals surface area (Å²) < 4.78 is 56.6. The van der Waals surface area contributed by atoms with Crippen LogP contribution < -0.4 is 9.47 Å². The van der Waals surface area contributed by atoms with Crippen molar-refractivity contribution in [1.82, 2.24) is 0 Å². The predicted octanol–water partition coefficient (Wildman–Crippen LogP) is 6.78. The molecule has 5 rings (SSSR count). The number of Topliss-reactive ketones (excluding diaryl/α,β-unsaturated/α-hetero) is 1. The number of nitrogens with zero attached hydrogens (tertiary/aromatic N) is 1. The Kier molecular flexibility index (Phi) is 7.75. The molecule has 0 spiro atoms. The van der Waals surface area contributed by atoms with Gasteiger partial charge in [0.2, 0.25) is 0 Å². The third-order valence-corrected chi connectivity index (χ3v) is 8.20. The second-order valence-corrected chi connectivity index (χ2v) is 10.7. The molecule has 0 aromatic heterocycles. The second kappa shape index (κ2) is 11.1. The van der Waals surface area contributed by atoms with E-state index in [2.05, 4.69) is 0 Å². The fraction of sp³-hybridized carbons (Fsp3) is 0.452. The lowest BCUT2D eigenvalue weighted by Gasteiger charge is -2.37. The Morgan fingerprint density at radius 3 is 2.20 bits per heavy atom. The van der Waals surface area contributed by atoms with Gasteiger partial charge in [-0.25, -0.2) is 0 Å². The first kappa shape index (κ1) is 27.9. The Labute approximate surface area is 231 Å². The zero-order valence-corrected chi connectivity index (χ0v) is 22.7. The van der Waals surface area contributed by atoms with E-state index in [-0.39, 0.29) is 24.2 Å². The third kappa shape index (κ3) is 5.38. The van der Waals surface area contributed by atoms with Gasteiger partial charge in [-0.3, -0.25) is 14.6 Å². The molecular formula is C31H32F3NO5. The van der Waals surface area contributed by atoms with E-state index < -0.39 is 29.5 Å². The highest BCUT2D eigenvalue weighted by molar-refractivity contribution is 6.09. The Hall–Kier alpha value is -3.62. The van der Waals surface area contributed by atoms with Gasteiger partial charge in [0.05, 0.1) is 19.8 Å². The van der Waals surface area contributed by atoms with Gasteiger partial charge >= 0.3 is 12.1 Å². The van der Waals surface area contributed by atoms with Crippen LogP contribution in [-0.2, 0) is 20.5 Å². The van der Waals surface area contributed by atoms with Crippen LogP contribution in [0.4, 0.5) is 13.2 Å². The van der Waals surface area contributed by atoms with Crippen LogP contribution in [0.15, 0.2) is 58.7 Å². The summed E-state index contributed by atoms with van der Waals surface area (Å²) in [6, 6.07) is 10.2. The number of methoxy groups -OCH3 is 2. The van der Waals surface area contributed by atoms with E-state index in [0.29, 0.717) is 40.5 Å². The SMILES string of the molecule is COc1ccc([C@H]2CC(=O)C3=C(C2)N=C(C)C(C(=O)OC2CCCC2)[C@@H]3c2ccc(C(F)(F)F)cc2)cc1OC. The molecule has 3 aliphatic rings. The van der Waals surface area contributed by atoms with Crippen molar-refractivity contribution in [3.8, 4) is 11.5 Å². The number of halogens is 3. The molecule has 9 heteroatoms. The molecular weight excluding hydrogens is 523 g/mol. The first-order chi connectivity index (χ1) is 19.1. The van der Waals surface area contributed by atoms with Gasteiger partial charge < -0.3 is 14.2 Å². The van der Waals surface area contributed by atoms with Crippen molar-refractivity contribution in [2.24, 2.45) is 10.9 Å². The third-order valence-electron chi connectivity index (χ3n) is 8.20. The smallest absolute Gasteiger partial charge is 0.416 e. The summed E-state index contributed by atoms with van der Waals surface area (Å²) in [5.74, 6) is -1.39. The number of carbonyl (C=O) groups excluding carboxylic acids is 2. The number of aliphatic imine (C=N–C) groups is 1. The number of benzene rings is 2. The van der Waals surface area contributed by atoms with Crippen LogP contribution in [0.3, 0.4) is 0 Å². The number of hydrogen-bond acceptors (Lipinski definition) is 6. The number of rotatable bonds is 6. The highest BCUT2D eigenvalue weighted by Crippen LogP contribution is 2.48. The maximum Gasteiger partial charge on any atom is 0.416 e. The Balaban J connectivity index is 1.54. The van der Waals surface area contributed by atoms with Crippen LogP contribution in [-0.4, -0.2) is 37.8 Å². The van der Waals surface area contributed by atoms with Crippen molar-refractivity contribution in [3.63, 3.8) is 0 Å². The monoisotopic (exact) mass is 555 g/mol. The maximum absolute atomic E-state index is 13.8. The number of ketones is 1. The number of allylic oxidation sites excluding steroid dienone is 2. The van der Waals surface area contributed by atoms with Crippen molar-refractivity contribution in [2.45, 2.75) is 69.6 Å². The molecule has 2 aliphatic carbocycles. The lowest BCUT2D eigenvalue weighted by molar-refractivity contribution is -0.151. The molecule has 1 heterocycles. The minimum atomic E-state index is -4.50. The Bertz CT molecular complexity index is 1360. The molecule has 212 valence electrons. The van der Waals surface area contributed by atoms with Gasteiger partial charge in [0, 0.05) is 29.3 Å². The van der Waals surface area contributed by atoms with Gasteiger partial charge in [0.1, 0.15) is 12.0 Å². The summed E-state index contributed by atoms with van der Waals surface area (Å²) in [5, 5.41) is 0. The van der Waals surface area contributed by atoms with E-state index in [1.54, 1.807) is 27.2 Å². The molecule has 0 radical (unpaired) electrons. The van der Waals surface area contributed by atoms with Crippen molar-refractivity contribution >= 4 is 17.5 Å². The van der Waals surface area contributed by atoms with Gasteiger partial charge in [-0.2, -0.15) is 13.2 Å². The second-order valence-electron chi connectivity index (χ2n) is 10.7. The summed E-state index contributed by atoms with van der Waals surface area (Å²) in [5.41, 5.74) is 1.99. The van der Waals surface area contributed by atoms with Crippen LogP contribution in [0.2, 0.25) is 0 Å². The Morgan fingerprint density at radius 1 is 0.925 bits per heavy atom. The average Bonchev–Trinajstić information content (AvgIpc) is 3.44. The van der Waals surface area contributed by atoms with Crippen molar-refractivity contribution in [3.05, 3.63) is 70.4 Å². The predicted molar refractivity (Wildman–Crippen MR) is 143 cm³/mol. The topological polar surface area (TPSA) is 74.2 Å². The van der Waals surface area contributed by atoms with Crippen LogP contribution in [0, 0.1) is 5.92 Å². The van der Waals surface area contributed by atoms with E-state index in [9.17, 15) is 22.8 Å². The largest absolute Gasteiger partial charge is 0.493 e. The van der Waals surface area contributed by atoms with E-state index in [1.165, 1.54) is 12.1 Å². The fourth-order valence-electron chi connectivity index (χ4n) is 6.19. The van der Waals surface area contributed by atoms with E-state index in [4.69, 9.17) is 19.2 Å². The summed E-state index contributed by atoms with van der Waals surface area (Å²) in [7, 11) is 3.09. The van der Waals surface area contributed by atoms with Gasteiger partial charge in [0.25, 0.3) is 0 Å². The molecule has 0 saturated heterocycles. The number of hydrogen-bond donors (Lipinski definition) is 0. The van der Waals surface area contributed by atoms with E-state index in [1.807, 2.05) is 12.1 Å². The minimum absolute atomic E-state index is 0.171. The number of carbonyl (C=O) groups is 2. The highest BCUT2D eigenvalue weighted by atomic mass is 19.4. The minimum Gasteiger partial charge on any atom is -0.493 e. The maximum atomic E-state index is 13.8. The van der Waals surface area contributed by atoms with Crippen LogP contribution >= 0.6 is 0 Å². The molecule has 1 unspecified atom stereocenters. The van der Waals surface area contributed by atoms with Crippen molar-refractivity contribution in [1.29, 1.82) is 0 Å². The summed E-state index contributed by atoms with van der Waals surface area (Å²) >= 11 is 0. The number of ether oxygens (including phenoxy) is 3. The van der Waals surface area contributed by atoms with Crippen molar-refractivity contribution < 1.29 is 37.0 Å². The van der Waals surface area contributed by atoms with Gasteiger partial charge in [-0.05, 0) is 80.3 Å². The zero-order chi connectivity index (χ0) is 28.6. The first-order valence-corrected chi connectivity index (χ1v) is 13.5. The van der Waals surface area contributed by atoms with Crippen molar-refractivity contribution in [2.75, 3.05) is 14.2 Å². The molecule has 1 fully saturated rings. The highest BCUT2D eigenvalue weighted by Gasteiger charge is 2.45.